The Morgan fingerprint density at radius 2 is 1.67 bits per heavy atom. The second-order valence-electron chi connectivity index (χ2n) is 4.57. The summed E-state index contributed by atoms with van der Waals surface area (Å²) in [5.41, 5.74) is 0.0573. The van der Waals surface area contributed by atoms with E-state index >= 15 is 0 Å². The lowest BCUT2D eigenvalue weighted by atomic mass is 9.81. The predicted octanol–water partition coefficient (Wildman–Crippen LogP) is 3.02. The normalized spacial score (nSPS) is 52.8. The van der Waals surface area contributed by atoms with Crippen LogP contribution in [-0.2, 0) is 0 Å². The monoisotopic (exact) mass is 394 g/mol. The minimum atomic E-state index is -0.192. The molecule has 1 nitrogen and oxygen atoms in total. The Labute approximate surface area is 102 Å². The van der Waals surface area contributed by atoms with Crippen molar-refractivity contribution in [3.63, 3.8) is 0 Å². The fourth-order valence-electron chi connectivity index (χ4n) is 1.99. The van der Waals surface area contributed by atoms with Crippen LogP contribution in [0.1, 0.15) is 27.7 Å². The molecule has 3 heteroatoms. The van der Waals surface area contributed by atoms with Gasteiger partial charge in [-0.15, -0.1) is 0 Å². The Kier molecular flexibility index (Phi) is 3.09. The smallest absolute Gasteiger partial charge is 0.0747 e. The number of aliphatic hydroxyl groups excluding tert-OH is 1. The van der Waals surface area contributed by atoms with E-state index in [0.29, 0.717) is 9.84 Å². The van der Waals surface area contributed by atoms with Gasteiger partial charge in [0, 0.05) is 3.92 Å². The Morgan fingerprint density at radius 3 is 1.75 bits per heavy atom. The lowest BCUT2D eigenvalue weighted by Gasteiger charge is -2.30. The third-order valence-electron chi connectivity index (χ3n) is 3.39. The first-order valence-electron chi connectivity index (χ1n) is 4.23. The van der Waals surface area contributed by atoms with Gasteiger partial charge >= 0.3 is 0 Å². The average molecular weight is 394 g/mol. The highest BCUT2D eigenvalue weighted by atomic mass is 127. The molecule has 0 radical (unpaired) electrons. The molecule has 1 saturated carbocycles. The molecular weight excluding hydrogens is 378 g/mol. The highest BCUT2D eigenvalue weighted by Crippen LogP contribution is 2.55. The lowest BCUT2D eigenvalue weighted by molar-refractivity contribution is 0.0491. The van der Waals surface area contributed by atoms with Gasteiger partial charge in [-0.3, -0.25) is 0 Å². The molecule has 0 saturated heterocycles. The van der Waals surface area contributed by atoms with Crippen LogP contribution >= 0.6 is 45.2 Å². The van der Waals surface area contributed by atoms with Crippen LogP contribution in [0.2, 0.25) is 0 Å². The first kappa shape index (κ1) is 11.5. The van der Waals surface area contributed by atoms with Gasteiger partial charge in [0.25, 0.3) is 0 Å². The summed E-state index contributed by atoms with van der Waals surface area (Å²) in [5.74, 6) is 0.579. The molecule has 0 aromatic carbocycles. The average Bonchev–Trinajstić information content (AvgIpc) is 2.06. The quantitative estimate of drug-likeness (QED) is 0.495. The van der Waals surface area contributed by atoms with Crippen molar-refractivity contribution in [2.75, 3.05) is 0 Å². The highest BCUT2D eigenvalue weighted by molar-refractivity contribution is 14.1. The van der Waals surface area contributed by atoms with Crippen molar-refractivity contribution in [2.45, 2.75) is 41.1 Å². The van der Waals surface area contributed by atoms with E-state index in [1.807, 2.05) is 0 Å². The minimum Gasteiger partial charge on any atom is -0.391 e. The molecule has 1 N–H and O–H groups in total. The molecule has 1 aliphatic carbocycles. The molecule has 0 heterocycles. The summed E-state index contributed by atoms with van der Waals surface area (Å²) in [7, 11) is 0. The summed E-state index contributed by atoms with van der Waals surface area (Å²) >= 11 is 4.87. The molecule has 12 heavy (non-hydrogen) atoms. The zero-order valence-corrected chi connectivity index (χ0v) is 12.3. The van der Waals surface area contributed by atoms with E-state index in [1.54, 1.807) is 0 Å². The molecule has 0 aliphatic heterocycles. The van der Waals surface area contributed by atoms with Crippen LogP contribution in [0.4, 0.5) is 0 Å². The van der Waals surface area contributed by atoms with Crippen LogP contribution in [0.15, 0.2) is 0 Å². The van der Waals surface area contributed by atoms with E-state index in [9.17, 15) is 5.11 Å². The van der Waals surface area contributed by atoms with Crippen molar-refractivity contribution in [1.29, 1.82) is 0 Å². The zero-order valence-electron chi connectivity index (χ0n) is 7.94. The number of hydrogen-bond donors (Lipinski definition) is 1. The summed E-state index contributed by atoms with van der Waals surface area (Å²) in [6.07, 6.45) is -0.192. The Morgan fingerprint density at radius 1 is 1.25 bits per heavy atom. The Hall–Kier alpha value is 1.42. The van der Waals surface area contributed by atoms with E-state index in [0.717, 1.165) is 0 Å². The lowest BCUT2D eigenvalue weighted by Crippen LogP contribution is -2.38. The molecule has 4 unspecified atom stereocenters. The van der Waals surface area contributed by atoms with Gasteiger partial charge in [0.05, 0.1) is 9.53 Å². The summed E-state index contributed by atoms with van der Waals surface area (Å²) in [6, 6.07) is 0. The fraction of sp³-hybridized carbons (Fsp3) is 1.00. The van der Waals surface area contributed by atoms with Gasteiger partial charge in [-0.2, -0.15) is 0 Å². The van der Waals surface area contributed by atoms with Crippen LogP contribution in [0.5, 0.6) is 0 Å². The summed E-state index contributed by atoms with van der Waals surface area (Å²) in [4.78, 5) is 0. The van der Waals surface area contributed by atoms with E-state index in [1.165, 1.54) is 0 Å². The highest BCUT2D eigenvalue weighted by Gasteiger charge is 2.57. The van der Waals surface area contributed by atoms with E-state index < -0.39 is 0 Å². The molecule has 0 aromatic heterocycles. The molecule has 1 fully saturated rings. The summed E-state index contributed by atoms with van der Waals surface area (Å²) < 4.78 is 0.585. The van der Waals surface area contributed by atoms with Crippen molar-refractivity contribution in [3.05, 3.63) is 0 Å². The van der Waals surface area contributed by atoms with E-state index in [2.05, 4.69) is 72.9 Å². The Bertz CT molecular complexity index is 169. The van der Waals surface area contributed by atoms with Crippen LogP contribution in [0, 0.1) is 11.3 Å². The van der Waals surface area contributed by atoms with Crippen LogP contribution in [0.3, 0.4) is 0 Å². The third-order valence-corrected chi connectivity index (χ3v) is 8.22. The molecule has 72 valence electrons. The van der Waals surface area contributed by atoms with Crippen molar-refractivity contribution >= 4 is 45.2 Å². The van der Waals surface area contributed by atoms with Crippen LogP contribution in [-0.4, -0.2) is 18.6 Å². The SMILES string of the molecule is CC1C(I)C(C)(I)C(O)C1(C)C. The second-order valence-corrected chi connectivity index (χ2v) is 8.23. The topological polar surface area (TPSA) is 20.2 Å². The molecular formula is C9H16I2O. The van der Waals surface area contributed by atoms with Gasteiger partial charge in [0.1, 0.15) is 0 Å². The molecule has 0 aromatic rings. The molecule has 1 rings (SSSR count). The van der Waals surface area contributed by atoms with Gasteiger partial charge < -0.3 is 5.11 Å². The third kappa shape index (κ3) is 1.43. The standard InChI is InChI=1S/C9H16I2O/c1-5-6(10)9(4,11)7(12)8(5,2)3/h5-7,12H,1-4H3. The number of halogens is 2. The van der Waals surface area contributed by atoms with Crippen molar-refractivity contribution in [3.8, 4) is 0 Å². The van der Waals surface area contributed by atoms with Crippen molar-refractivity contribution in [1.82, 2.24) is 0 Å². The van der Waals surface area contributed by atoms with E-state index in [4.69, 9.17) is 0 Å². The number of aliphatic hydroxyl groups is 1. The molecule has 0 spiro atoms. The number of hydrogen-bond acceptors (Lipinski definition) is 1. The first-order chi connectivity index (χ1) is 5.22. The molecule has 4 atom stereocenters. The second kappa shape index (κ2) is 3.22. The number of alkyl halides is 2. The van der Waals surface area contributed by atoms with Gasteiger partial charge in [-0.1, -0.05) is 66.0 Å². The van der Waals surface area contributed by atoms with Gasteiger partial charge in [0.15, 0.2) is 0 Å². The predicted molar refractivity (Wildman–Crippen MR) is 69.2 cm³/mol. The zero-order chi connectivity index (χ0) is 9.73. The maximum absolute atomic E-state index is 10.1. The van der Waals surface area contributed by atoms with Crippen molar-refractivity contribution in [2.24, 2.45) is 11.3 Å². The first-order valence-corrected chi connectivity index (χ1v) is 6.56. The molecule has 0 bridgehead atoms. The van der Waals surface area contributed by atoms with Crippen LogP contribution in [0.25, 0.3) is 0 Å². The molecule has 1 aliphatic rings. The minimum absolute atomic E-state index is 0.0290. The maximum atomic E-state index is 10.1. The van der Waals surface area contributed by atoms with Gasteiger partial charge in [-0.25, -0.2) is 0 Å². The summed E-state index contributed by atoms with van der Waals surface area (Å²) in [5, 5.41) is 10.1. The largest absolute Gasteiger partial charge is 0.391 e. The van der Waals surface area contributed by atoms with Crippen LogP contribution < -0.4 is 0 Å². The fourth-order valence-corrected chi connectivity index (χ4v) is 4.60. The van der Waals surface area contributed by atoms with E-state index in [-0.39, 0.29) is 14.9 Å². The summed E-state index contributed by atoms with van der Waals surface area (Å²) in [6.45, 7) is 8.72. The molecule has 0 amide bonds. The van der Waals surface area contributed by atoms with Gasteiger partial charge in [0.2, 0.25) is 0 Å². The Balaban J connectivity index is 3.03. The number of rotatable bonds is 0. The van der Waals surface area contributed by atoms with Gasteiger partial charge in [-0.05, 0) is 18.3 Å². The van der Waals surface area contributed by atoms with Crippen molar-refractivity contribution < 1.29 is 5.11 Å². The maximum Gasteiger partial charge on any atom is 0.0747 e.